The van der Waals surface area contributed by atoms with Gasteiger partial charge in [0.1, 0.15) is 0 Å². The summed E-state index contributed by atoms with van der Waals surface area (Å²) in [6, 6.07) is 7.78. The van der Waals surface area contributed by atoms with Crippen LogP contribution in [0.1, 0.15) is 37.0 Å². The molecule has 0 heterocycles. The molecule has 2 nitrogen and oxygen atoms in total. The average molecular weight is 205 g/mol. The maximum atomic E-state index is 10.9. The maximum absolute atomic E-state index is 10.9. The number of anilines is 1. The number of hydrogen-bond acceptors (Lipinski definition) is 2. The minimum absolute atomic E-state index is 0.787. The highest BCUT2D eigenvalue weighted by Crippen LogP contribution is 2.18. The van der Waals surface area contributed by atoms with Crippen LogP contribution < -0.4 is 4.90 Å². The van der Waals surface area contributed by atoms with E-state index < -0.39 is 0 Å². The molecule has 0 bridgehead atoms. The normalized spacial score (nSPS) is 10.0. The van der Waals surface area contributed by atoms with Crippen molar-refractivity contribution in [3.05, 3.63) is 29.8 Å². The summed E-state index contributed by atoms with van der Waals surface area (Å²) in [4.78, 5) is 13.2. The van der Waals surface area contributed by atoms with Gasteiger partial charge in [-0.15, -0.1) is 0 Å². The summed E-state index contributed by atoms with van der Waals surface area (Å²) in [5.41, 5.74) is 1.85. The van der Waals surface area contributed by atoms with Crippen LogP contribution >= 0.6 is 0 Å². The van der Waals surface area contributed by atoms with Crippen molar-refractivity contribution in [2.45, 2.75) is 26.7 Å². The molecule has 0 fully saturated rings. The van der Waals surface area contributed by atoms with Crippen molar-refractivity contribution in [1.82, 2.24) is 0 Å². The predicted octanol–water partition coefficient (Wildman–Crippen LogP) is 3.13. The average Bonchev–Trinajstić information content (AvgIpc) is 2.30. The van der Waals surface area contributed by atoms with E-state index in [-0.39, 0.29) is 0 Å². The number of para-hydroxylation sites is 1. The van der Waals surface area contributed by atoms with Gasteiger partial charge < -0.3 is 4.90 Å². The molecule has 0 aliphatic carbocycles. The first kappa shape index (κ1) is 11.8. The third kappa shape index (κ3) is 3.08. The van der Waals surface area contributed by atoms with Crippen LogP contribution in [0.2, 0.25) is 0 Å². The van der Waals surface area contributed by atoms with Gasteiger partial charge in [-0.2, -0.15) is 0 Å². The van der Waals surface area contributed by atoms with Crippen LogP contribution in [-0.4, -0.2) is 19.4 Å². The highest BCUT2D eigenvalue weighted by atomic mass is 16.1. The molecule has 0 saturated heterocycles. The van der Waals surface area contributed by atoms with Gasteiger partial charge in [-0.25, -0.2) is 0 Å². The molecule has 0 radical (unpaired) electrons. The Morgan fingerprint density at radius 1 is 1.27 bits per heavy atom. The molecule has 0 spiro atoms. The molecule has 0 amide bonds. The molecule has 0 aliphatic rings. The zero-order chi connectivity index (χ0) is 11.1. The monoisotopic (exact) mass is 205 g/mol. The molecule has 0 N–H and O–H groups in total. The lowest BCUT2D eigenvalue weighted by molar-refractivity contribution is 0.112. The minimum atomic E-state index is 0.787. The first-order chi connectivity index (χ1) is 7.33. The lowest BCUT2D eigenvalue weighted by atomic mass is 10.1. The topological polar surface area (TPSA) is 20.3 Å². The molecule has 1 aromatic rings. The molecular weight excluding hydrogens is 186 g/mol. The van der Waals surface area contributed by atoms with Crippen molar-refractivity contribution < 1.29 is 4.79 Å². The lowest BCUT2D eigenvalue weighted by Crippen LogP contribution is -2.24. The van der Waals surface area contributed by atoms with Gasteiger partial charge in [0.15, 0.2) is 6.29 Å². The van der Waals surface area contributed by atoms with Crippen LogP contribution in [0.5, 0.6) is 0 Å². The van der Waals surface area contributed by atoms with Crippen molar-refractivity contribution in [2.24, 2.45) is 0 Å². The van der Waals surface area contributed by atoms with Crippen molar-refractivity contribution in [3.63, 3.8) is 0 Å². The summed E-state index contributed by atoms with van der Waals surface area (Å²) in [6.45, 7) is 6.28. The number of unbranched alkanes of at least 4 members (excludes halogenated alkanes) is 1. The molecule has 0 atom stereocenters. The van der Waals surface area contributed by atoms with E-state index in [4.69, 9.17) is 0 Å². The minimum Gasteiger partial charge on any atom is -0.371 e. The zero-order valence-electron chi connectivity index (χ0n) is 9.57. The highest BCUT2D eigenvalue weighted by molar-refractivity contribution is 5.84. The fraction of sp³-hybridized carbons (Fsp3) is 0.462. The van der Waals surface area contributed by atoms with Crippen LogP contribution in [-0.2, 0) is 0 Å². The second-order valence-electron chi connectivity index (χ2n) is 3.61. The molecule has 0 aromatic heterocycles. The maximum Gasteiger partial charge on any atom is 0.152 e. The highest BCUT2D eigenvalue weighted by Gasteiger charge is 2.07. The molecule has 82 valence electrons. The molecule has 2 heteroatoms. The van der Waals surface area contributed by atoms with Crippen molar-refractivity contribution in [2.75, 3.05) is 18.0 Å². The predicted molar refractivity (Wildman–Crippen MR) is 64.6 cm³/mol. The van der Waals surface area contributed by atoms with Gasteiger partial charge in [0.05, 0.1) is 0 Å². The van der Waals surface area contributed by atoms with Crippen LogP contribution in [0, 0.1) is 0 Å². The molecule has 1 rings (SSSR count). The molecule has 15 heavy (non-hydrogen) atoms. The van der Waals surface area contributed by atoms with E-state index in [1.54, 1.807) is 0 Å². The molecule has 0 aliphatic heterocycles. The quantitative estimate of drug-likeness (QED) is 0.665. The number of carbonyl (C=O) groups is 1. The smallest absolute Gasteiger partial charge is 0.152 e. The Kier molecular flexibility index (Phi) is 4.88. The Labute approximate surface area is 91.9 Å². The molecular formula is C13H19NO. The van der Waals surface area contributed by atoms with Gasteiger partial charge in [0.2, 0.25) is 0 Å². The Hall–Kier alpha value is -1.31. The van der Waals surface area contributed by atoms with Gasteiger partial charge in [0.25, 0.3) is 0 Å². The van der Waals surface area contributed by atoms with Crippen molar-refractivity contribution >= 4 is 12.0 Å². The van der Waals surface area contributed by atoms with Gasteiger partial charge >= 0.3 is 0 Å². The van der Waals surface area contributed by atoms with Crippen LogP contribution in [0.15, 0.2) is 24.3 Å². The summed E-state index contributed by atoms with van der Waals surface area (Å²) in [5, 5.41) is 0. The third-order valence-electron chi connectivity index (χ3n) is 2.57. The van der Waals surface area contributed by atoms with Crippen LogP contribution in [0.3, 0.4) is 0 Å². The van der Waals surface area contributed by atoms with E-state index in [2.05, 4.69) is 18.7 Å². The number of hydrogen-bond donors (Lipinski definition) is 0. The number of carbonyl (C=O) groups excluding carboxylic acids is 1. The second kappa shape index (κ2) is 6.23. The SMILES string of the molecule is CCCCN(CC)c1ccccc1C=O. The van der Waals surface area contributed by atoms with Gasteiger partial charge in [-0.05, 0) is 25.5 Å². The second-order valence-corrected chi connectivity index (χ2v) is 3.61. The summed E-state index contributed by atoms with van der Waals surface area (Å²) in [7, 11) is 0. The molecule has 0 saturated carbocycles. The standard InChI is InChI=1S/C13H19NO/c1-3-5-10-14(4-2)13-9-7-6-8-12(13)11-15/h6-9,11H,3-5,10H2,1-2H3. The van der Waals surface area contributed by atoms with E-state index >= 15 is 0 Å². The summed E-state index contributed by atoms with van der Waals surface area (Å²) >= 11 is 0. The number of benzene rings is 1. The van der Waals surface area contributed by atoms with Crippen LogP contribution in [0.4, 0.5) is 5.69 Å². The Morgan fingerprint density at radius 3 is 2.60 bits per heavy atom. The Balaban J connectivity index is 2.85. The van der Waals surface area contributed by atoms with Gasteiger partial charge in [0, 0.05) is 24.3 Å². The third-order valence-corrected chi connectivity index (χ3v) is 2.57. The number of nitrogens with zero attached hydrogens (tertiary/aromatic N) is 1. The van der Waals surface area contributed by atoms with E-state index in [1.165, 1.54) is 12.8 Å². The van der Waals surface area contributed by atoms with Gasteiger partial charge in [-0.3, -0.25) is 4.79 Å². The summed E-state index contributed by atoms with van der Waals surface area (Å²) in [5.74, 6) is 0. The number of aldehydes is 1. The molecule has 0 unspecified atom stereocenters. The van der Waals surface area contributed by atoms with Crippen molar-refractivity contribution in [3.8, 4) is 0 Å². The van der Waals surface area contributed by atoms with E-state index in [9.17, 15) is 4.79 Å². The van der Waals surface area contributed by atoms with Gasteiger partial charge in [-0.1, -0.05) is 25.5 Å². The summed E-state index contributed by atoms with van der Waals surface area (Å²) < 4.78 is 0. The first-order valence-electron chi connectivity index (χ1n) is 5.62. The van der Waals surface area contributed by atoms with E-state index in [1.807, 2.05) is 24.3 Å². The largest absolute Gasteiger partial charge is 0.371 e. The fourth-order valence-electron chi connectivity index (χ4n) is 1.67. The van der Waals surface area contributed by atoms with E-state index in [0.29, 0.717) is 0 Å². The lowest BCUT2D eigenvalue weighted by Gasteiger charge is -2.24. The number of rotatable bonds is 6. The Morgan fingerprint density at radius 2 is 2.00 bits per heavy atom. The zero-order valence-corrected chi connectivity index (χ0v) is 9.57. The van der Waals surface area contributed by atoms with Crippen LogP contribution in [0.25, 0.3) is 0 Å². The Bertz CT molecular complexity index is 309. The first-order valence-corrected chi connectivity index (χ1v) is 5.62. The summed E-state index contributed by atoms with van der Waals surface area (Å²) in [6.07, 6.45) is 3.28. The van der Waals surface area contributed by atoms with Crippen molar-refractivity contribution in [1.29, 1.82) is 0 Å². The molecule has 1 aromatic carbocycles. The van der Waals surface area contributed by atoms with E-state index in [0.717, 1.165) is 30.6 Å². The fourth-order valence-corrected chi connectivity index (χ4v) is 1.67.